The van der Waals surface area contributed by atoms with Gasteiger partial charge in [-0.15, -0.1) is 0 Å². The first-order chi connectivity index (χ1) is 7.52. The molecule has 1 aliphatic carbocycles. The third-order valence-corrected chi connectivity index (χ3v) is 3.08. The van der Waals surface area contributed by atoms with Crippen molar-refractivity contribution in [2.24, 2.45) is 0 Å². The Balaban J connectivity index is 2.02. The van der Waals surface area contributed by atoms with Gasteiger partial charge in [-0.1, -0.05) is 12.1 Å². The van der Waals surface area contributed by atoms with Crippen molar-refractivity contribution in [3.63, 3.8) is 0 Å². The van der Waals surface area contributed by atoms with E-state index in [2.05, 4.69) is 10.5 Å². The number of nitrogens with zero attached hydrogens (tertiary/aromatic N) is 1. The van der Waals surface area contributed by atoms with Crippen LogP contribution in [0.5, 0.6) is 0 Å². The minimum Gasteiger partial charge on any atom is -0.360 e. The molecular formula is C12H18N2O2. The van der Waals surface area contributed by atoms with E-state index < -0.39 is 0 Å². The Bertz CT molecular complexity index is 391. The highest BCUT2D eigenvalue weighted by atomic mass is 16.5. The van der Waals surface area contributed by atoms with Crippen LogP contribution in [0.25, 0.3) is 0 Å². The maximum Gasteiger partial charge on any atom is 0.273 e. The highest BCUT2D eigenvalue weighted by Gasteiger charge is 2.29. The second-order valence-electron chi connectivity index (χ2n) is 5.08. The molecule has 0 aromatic carbocycles. The monoisotopic (exact) mass is 222 g/mol. The fourth-order valence-corrected chi connectivity index (χ4v) is 1.42. The molecule has 1 aromatic heterocycles. The van der Waals surface area contributed by atoms with E-state index in [0.29, 0.717) is 11.6 Å². The van der Waals surface area contributed by atoms with Crippen molar-refractivity contribution in [3.8, 4) is 0 Å². The minimum absolute atomic E-state index is 0.150. The van der Waals surface area contributed by atoms with E-state index in [-0.39, 0.29) is 11.4 Å². The highest BCUT2D eigenvalue weighted by Crippen LogP contribution is 2.40. The van der Waals surface area contributed by atoms with Gasteiger partial charge in [-0.3, -0.25) is 4.79 Å². The van der Waals surface area contributed by atoms with E-state index in [0.717, 1.165) is 25.0 Å². The van der Waals surface area contributed by atoms with Crippen LogP contribution in [0.3, 0.4) is 0 Å². The Morgan fingerprint density at radius 2 is 2.31 bits per heavy atom. The molecule has 0 aliphatic heterocycles. The van der Waals surface area contributed by atoms with Gasteiger partial charge >= 0.3 is 0 Å². The summed E-state index contributed by atoms with van der Waals surface area (Å²) in [6.45, 7) is 6.03. The van der Waals surface area contributed by atoms with Crippen molar-refractivity contribution in [2.75, 3.05) is 0 Å². The van der Waals surface area contributed by atoms with Crippen molar-refractivity contribution in [1.82, 2.24) is 10.5 Å². The summed E-state index contributed by atoms with van der Waals surface area (Å²) in [5.74, 6) is 1.19. The lowest BCUT2D eigenvalue weighted by Gasteiger charge is -2.23. The smallest absolute Gasteiger partial charge is 0.273 e. The first kappa shape index (κ1) is 11.2. The normalized spacial score (nSPS) is 16.2. The lowest BCUT2D eigenvalue weighted by atomic mass is 10.0. The molecule has 4 heteroatoms. The highest BCUT2D eigenvalue weighted by molar-refractivity contribution is 5.92. The van der Waals surface area contributed by atoms with E-state index in [9.17, 15) is 4.79 Å². The summed E-state index contributed by atoms with van der Waals surface area (Å²) in [6, 6.07) is 1.76. The van der Waals surface area contributed by atoms with Crippen molar-refractivity contribution in [2.45, 2.75) is 51.5 Å². The van der Waals surface area contributed by atoms with Gasteiger partial charge in [0, 0.05) is 17.5 Å². The quantitative estimate of drug-likeness (QED) is 0.851. The molecule has 4 nitrogen and oxygen atoms in total. The number of carbonyl (C=O) groups is 1. The SMILES string of the molecule is CCC(C)(C)NC(=O)c1cc(C2CC2)on1. The molecule has 0 atom stereocenters. The number of hydrogen-bond acceptors (Lipinski definition) is 3. The van der Waals surface area contributed by atoms with Crippen molar-refractivity contribution >= 4 is 5.91 Å². The summed E-state index contributed by atoms with van der Waals surface area (Å²) < 4.78 is 5.15. The summed E-state index contributed by atoms with van der Waals surface area (Å²) >= 11 is 0. The van der Waals surface area contributed by atoms with Crippen LogP contribution >= 0.6 is 0 Å². The molecule has 1 heterocycles. The van der Waals surface area contributed by atoms with E-state index in [1.807, 2.05) is 20.8 Å². The second kappa shape index (κ2) is 3.92. The van der Waals surface area contributed by atoms with Crippen LogP contribution in [-0.4, -0.2) is 16.6 Å². The molecule has 2 rings (SSSR count). The molecule has 88 valence electrons. The summed E-state index contributed by atoms with van der Waals surface area (Å²) in [7, 11) is 0. The topological polar surface area (TPSA) is 55.1 Å². The average molecular weight is 222 g/mol. The van der Waals surface area contributed by atoms with Crippen molar-refractivity contribution in [3.05, 3.63) is 17.5 Å². The predicted molar refractivity (Wildman–Crippen MR) is 60.3 cm³/mol. The molecule has 0 bridgehead atoms. The van der Waals surface area contributed by atoms with Crippen LogP contribution in [-0.2, 0) is 0 Å². The molecule has 0 radical (unpaired) electrons. The zero-order valence-corrected chi connectivity index (χ0v) is 10.0. The van der Waals surface area contributed by atoms with E-state index in [1.165, 1.54) is 0 Å². The largest absolute Gasteiger partial charge is 0.360 e. The van der Waals surface area contributed by atoms with Crippen LogP contribution in [0.4, 0.5) is 0 Å². The maximum atomic E-state index is 11.8. The molecule has 1 aliphatic rings. The van der Waals surface area contributed by atoms with E-state index >= 15 is 0 Å². The molecule has 0 unspecified atom stereocenters. The molecule has 0 saturated heterocycles. The molecule has 16 heavy (non-hydrogen) atoms. The van der Waals surface area contributed by atoms with Gasteiger partial charge in [-0.25, -0.2) is 0 Å². The van der Waals surface area contributed by atoms with Crippen LogP contribution < -0.4 is 5.32 Å². The summed E-state index contributed by atoms with van der Waals surface area (Å²) in [6.07, 6.45) is 3.18. The zero-order chi connectivity index (χ0) is 11.8. The lowest BCUT2D eigenvalue weighted by molar-refractivity contribution is 0.0902. The first-order valence-corrected chi connectivity index (χ1v) is 5.81. The number of carbonyl (C=O) groups excluding carboxylic acids is 1. The van der Waals surface area contributed by atoms with Crippen molar-refractivity contribution in [1.29, 1.82) is 0 Å². The lowest BCUT2D eigenvalue weighted by Crippen LogP contribution is -2.42. The third kappa shape index (κ3) is 2.43. The molecule has 1 aromatic rings. The molecular weight excluding hydrogens is 204 g/mol. The van der Waals surface area contributed by atoms with E-state index in [1.54, 1.807) is 6.07 Å². The Morgan fingerprint density at radius 1 is 1.62 bits per heavy atom. The number of hydrogen-bond donors (Lipinski definition) is 1. The van der Waals surface area contributed by atoms with Crippen LogP contribution in [0, 0.1) is 0 Å². The summed E-state index contributed by atoms with van der Waals surface area (Å²) in [5.41, 5.74) is 0.193. The minimum atomic E-state index is -0.199. The number of aromatic nitrogens is 1. The van der Waals surface area contributed by atoms with Gasteiger partial charge in [0.15, 0.2) is 5.69 Å². The second-order valence-corrected chi connectivity index (χ2v) is 5.08. The summed E-state index contributed by atoms with van der Waals surface area (Å²) in [5, 5.41) is 6.74. The molecule has 1 fully saturated rings. The molecule has 1 amide bonds. The van der Waals surface area contributed by atoms with Crippen molar-refractivity contribution < 1.29 is 9.32 Å². The molecule has 0 spiro atoms. The Hall–Kier alpha value is -1.32. The van der Waals surface area contributed by atoms with Gasteiger partial charge in [0.05, 0.1) is 0 Å². The Kier molecular flexibility index (Phi) is 2.74. The number of amides is 1. The Morgan fingerprint density at radius 3 is 2.88 bits per heavy atom. The van der Waals surface area contributed by atoms with Gasteiger partial charge in [0.25, 0.3) is 5.91 Å². The number of rotatable bonds is 4. The van der Waals surface area contributed by atoms with Crippen LogP contribution in [0.1, 0.15) is 62.2 Å². The van der Waals surface area contributed by atoms with Gasteiger partial charge in [-0.05, 0) is 33.1 Å². The van der Waals surface area contributed by atoms with Gasteiger partial charge < -0.3 is 9.84 Å². The number of nitrogens with one attached hydrogen (secondary N) is 1. The van der Waals surface area contributed by atoms with Gasteiger partial charge in [-0.2, -0.15) is 0 Å². The molecule has 1 saturated carbocycles. The van der Waals surface area contributed by atoms with Crippen LogP contribution in [0.2, 0.25) is 0 Å². The predicted octanol–water partition coefficient (Wildman–Crippen LogP) is 2.47. The zero-order valence-electron chi connectivity index (χ0n) is 10.0. The average Bonchev–Trinajstić information content (AvgIpc) is 2.96. The maximum absolute atomic E-state index is 11.8. The van der Waals surface area contributed by atoms with E-state index in [4.69, 9.17) is 4.52 Å². The summed E-state index contributed by atoms with van der Waals surface area (Å²) in [4.78, 5) is 11.8. The Labute approximate surface area is 95.4 Å². The fraction of sp³-hybridized carbons (Fsp3) is 0.667. The van der Waals surface area contributed by atoms with Gasteiger partial charge in [0.1, 0.15) is 5.76 Å². The van der Waals surface area contributed by atoms with Crippen LogP contribution in [0.15, 0.2) is 10.6 Å². The molecule has 1 N–H and O–H groups in total. The third-order valence-electron chi connectivity index (χ3n) is 3.08. The standard InChI is InChI=1S/C12H18N2O2/c1-4-12(2,3)13-11(15)9-7-10(16-14-9)8-5-6-8/h7-8H,4-6H2,1-3H3,(H,13,15). The first-order valence-electron chi connectivity index (χ1n) is 5.81. The fourth-order valence-electron chi connectivity index (χ4n) is 1.42. The van der Waals surface area contributed by atoms with Gasteiger partial charge in [0.2, 0.25) is 0 Å².